The summed E-state index contributed by atoms with van der Waals surface area (Å²) in [6.45, 7) is 5.83. The summed E-state index contributed by atoms with van der Waals surface area (Å²) in [5, 5.41) is 11.4. The molecule has 3 aromatic rings. The number of fused-ring (bicyclic) bond motifs is 1. The van der Waals surface area contributed by atoms with Gasteiger partial charge < -0.3 is 4.98 Å². The fourth-order valence-corrected chi connectivity index (χ4v) is 2.69. The SMILES string of the molecule is CC.Cc1c(CCc2ccc([N+](=O)[O-])cc2)[nH]c2ccccc2c1=O. The average Bonchev–Trinajstić information content (AvgIpc) is 2.65. The van der Waals surface area contributed by atoms with Crippen LogP contribution >= 0.6 is 0 Å². The number of nitro benzene ring substituents is 1. The highest BCUT2D eigenvalue weighted by atomic mass is 16.6. The Bertz CT molecular complexity index is 928. The first-order valence-corrected chi connectivity index (χ1v) is 8.40. The first kappa shape index (κ1) is 18.4. The second-order valence-electron chi connectivity index (χ2n) is 5.53. The summed E-state index contributed by atoms with van der Waals surface area (Å²) in [5.41, 5.74) is 3.62. The zero-order valence-electron chi connectivity index (χ0n) is 14.7. The van der Waals surface area contributed by atoms with Crippen LogP contribution in [0.3, 0.4) is 0 Å². The Morgan fingerprint density at radius 2 is 1.64 bits per heavy atom. The Labute approximate surface area is 146 Å². The average molecular weight is 338 g/mol. The normalized spacial score (nSPS) is 10.2. The van der Waals surface area contributed by atoms with Crippen molar-refractivity contribution in [2.45, 2.75) is 33.6 Å². The lowest BCUT2D eigenvalue weighted by Gasteiger charge is -2.08. The summed E-state index contributed by atoms with van der Waals surface area (Å²) in [4.78, 5) is 26.0. The van der Waals surface area contributed by atoms with E-state index in [0.29, 0.717) is 18.2 Å². The number of nitro groups is 1. The number of H-pyrrole nitrogens is 1. The summed E-state index contributed by atoms with van der Waals surface area (Å²) in [6, 6.07) is 14.0. The lowest BCUT2D eigenvalue weighted by molar-refractivity contribution is -0.384. The third kappa shape index (κ3) is 4.12. The number of aromatic nitrogens is 1. The van der Waals surface area contributed by atoms with E-state index in [1.807, 2.05) is 45.0 Å². The Balaban J connectivity index is 0.00000109. The molecular weight excluding hydrogens is 316 g/mol. The van der Waals surface area contributed by atoms with Crippen LogP contribution in [-0.2, 0) is 12.8 Å². The van der Waals surface area contributed by atoms with Crippen molar-refractivity contribution in [1.29, 1.82) is 0 Å². The van der Waals surface area contributed by atoms with E-state index in [0.717, 1.165) is 22.3 Å². The topological polar surface area (TPSA) is 76.0 Å². The molecule has 5 nitrogen and oxygen atoms in total. The van der Waals surface area contributed by atoms with E-state index < -0.39 is 4.92 Å². The molecule has 0 atom stereocenters. The number of aromatic amines is 1. The molecule has 0 aliphatic carbocycles. The first-order valence-electron chi connectivity index (χ1n) is 8.40. The monoisotopic (exact) mass is 338 g/mol. The summed E-state index contributed by atoms with van der Waals surface area (Å²) in [6.07, 6.45) is 1.40. The van der Waals surface area contributed by atoms with Crippen molar-refractivity contribution in [3.63, 3.8) is 0 Å². The second kappa shape index (κ2) is 8.24. The van der Waals surface area contributed by atoms with Crippen molar-refractivity contribution >= 4 is 16.6 Å². The van der Waals surface area contributed by atoms with Crippen LogP contribution in [-0.4, -0.2) is 9.91 Å². The molecule has 0 amide bonds. The van der Waals surface area contributed by atoms with Crippen molar-refractivity contribution in [2.75, 3.05) is 0 Å². The molecule has 1 aromatic heterocycles. The van der Waals surface area contributed by atoms with Gasteiger partial charge in [0.05, 0.1) is 4.92 Å². The van der Waals surface area contributed by atoms with Gasteiger partial charge in [0.25, 0.3) is 5.69 Å². The van der Waals surface area contributed by atoms with Crippen LogP contribution in [0, 0.1) is 17.0 Å². The van der Waals surface area contributed by atoms with Gasteiger partial charge in [-0.15, -0.1) is 0 Å². The van der Waals surface area contributed by atoms with E-state index in [2.05, 4.69) is 4.98 Å². The van der Waals surface area contributed by atoms with Crippen molar-refractivity contribution in [2.24, 2.45) is 0 Å². The van der Waals surface area contributed by atoms with Gasteiger partial charge in [-0.3, -0.25) is 14.9 Å². The van der Waals surface area contributed by atoms with Crippen molar-refractivity contribution in [1.82, 2.24) is 4.98 Å². The molecule has 0 bridgehead atoms. The number of nitrogens with zero attached hydrogens (tertiary/aromatic N) is 1. The quantitative estimate of drug-likeness (QED) is 0.560. The Kier molecular flexibility index (Phi) is 6.06. The van der Waals surface area contributed by atoms with Gasteiger partial charge in [0.1, 0.15) is 0 Å². The van der Waals surface area contributed by atoms with Gasteiger partial charge >= 0.3 is 0 Å². The number of para-hydroxylation sites is 1. The number of benzene rings is 2. The van der Waals surface area contributed by atoms with Crippen molar-refractivity contribution in [3.8, 4) is 0 Å². The molecule has 0 saturated carbocycles. The van der Waals surface area contributed by atoms with Crippen LogP contribution in [0.1, 0.15) is 30.7 Å². The van der Waals surface area contributed by atoms with E-state index in [1.165, 1.54) is 12.1 Å². The molecule has 1 N–H and O–H groups in total. The molecule has 2 aromatic carbocycles. The van der Waals surface area contributed by atoms with Gasteiger partial charge in [0.2, 0.25) is 0 Å². The molecule has 130 valence electrons. The van der Waals surface area contributed by atoms with E-state index in [-0.39, 0.29) is 11.1 Å². The number of nitrogens with one attached hydrogen (secondary N) is 1. The van der Waals surface area contributed by atoms with Crippen molar-refractivity contribution < 1.29 is 4.92 Å². The summed E-state index contributed by atoms with van der Waals surface area (Å²) in [7, 11) is 0. The number of aryl methyl sites for hydroxylation is 2. The summed E-state index contributed by atoms with van der Waals surface area (Å²) >= 11 is 0. The number of hydrogen-bond donors (Lipinski definition) is 1. The standard InChI is InChI=1S/C18H16N2O3.C2H6/c1-12-16(19-17-5-3-2-4-15(17)18(12)21)11-8-13-6-9-14(10-7-13)20(22)23;1-2/h2-7,9-10H,8,11H2,1H3,(H,19,21);1-2H3. The van der Waals surface area contributed by atoms with Crippen molar-refractivity contribution in [3.05, 3.63) is 85.7 Å². The Hall–Kier alpha value is -2.95. The fraction of sp³-hybridized carbons (Fsp3) is 0.250. The maximum Gasteiger partial charge on any atom is 0.269 e. The van der Waals surface area contributed by atoms with E-state index in [4.69, 9.17) is 0 Å². The maximum atomic E-state index is 12.4. The second-order valence-corrected chi connectivity index (χ2v) is 5.53. The lowest BCUT2D eigenvalue weighted by atomic mass is 10.0. The van der Waals surface area contributed by atoms with Gasteiger partial charge in [-0.25, -0.2) is 0 Å². The summed E-state index contributed by atoms with van der Waals surface area (Å²) < 4.78 is 0. The van der Waals surface area contributed by atoms with Gasteiger partial charge in [0.15, 0.2) is 5.43 Å². The highest BCUT2D eigenvalue weighted by Gasteiger charge is 2.09. The van der Waals surface area contributed by atoms with Crippen LogP contribution in [0.25, 0.3) is 10.9 Å². The van der Waals surface area contributed by atoms with Gasteiger partial charge in [0, 0.05) is 34.3 Å². The maximum absolute atomic E-state index is 12.4. The molecule has 0 unspecified atom stereocenters. The van der Waals surface area contributed by atoms with Gasteiger partial charge in [-0.1, -0.05) is 38.1 Å². The molecule has 0 spiro atoms. The zero-order valence-corrected chi connectivity index (χ0v) is 14.7. The van der Waals surface area contributed by atoms with E-state index in [1.54, 1.807) is 12.1 Å². The molecule has 0 fully saturated rings. The Morgan fingerprint density at radius 1 is 1.00 bits per heavy atom. The minimum absolute atomic E-state index is 0.0537. The molecule has 3 rings (SSSR count). The van der Waals surface area contributed by atoms with Crippen LogP contribution in [0.2, 0.25) is 0 Å². The minimum atomic E-state index is -0.408. The molecule has 5 heteroatoms. The number of non-ortho nitro benzene ring substituents is 1. The highest BCUT2D eigenvalue weighted by Crippen LogP contribution is 2.16. The largest absolute Gasteiger partial charge is 0.358 e. The third-order valence-electron chi connectivity index (χ3n) is 4.06. The van der Waals surface area contributed by atoms with Crippen LogP contribution in [0.5, 0.6) is 0 Å². The first-order chi connectivity index (χ1) is 12.1. The lowest BCUT2D eigenvalue weighted by Crippen LogP contribution is -2.12. The molecule has 0 aliphatic rings. The fourth-order valence-electron chi connectivity index (χ4n) is 2.69. The molecule has 25 heavy (non-hydrogen) atoms. The Morgan fingerprint density at radius 3 is 2.28 bits per heavy atom. The number of pyridine rings is 1. The molecule has 0 radical (unpaired) electrons. The number of hydrogen-bond acceptors (Lipinski definition) is 3. The van der Waals surface area contributed by atoms with Gasteiger partial charge in [-0.05, 0) is 37.5 Å². The van der Waals surface area contributed by atoms with Crippen LogP contribution in [0.4, 0.5) is 5.69 Å². The molecule has 0 aliphatic heterocycles. The number of rotatable bonds is 4. The molecule has 0 saturated heterocycles. The van der Waals surface area contributed by atoms with E-state index >= 15 is 0 Å². The minimum Gasteiger partial charge on any atom is -0.358 e. The highest BCUT2D eigenvalue weighted by molar-refractivity contribution is 5.79. The van der Waals surface area contributed by atoms with Gasteiger partial charge in [-0.2, -0.15) is 0 Å². The summed E-state index contributed by atoms with van der Waals surface area (Å²) in [5.74, 6) is 0. The smallest absolute Gasteiger partial charge is 0.269 e. The predicted octanol–water partition coefficient (Wildman–Crippen LogP) is 4.56. The zero-order chi connectivity index (χ0) is 18.4. The van der Waals surface area contributed by atoms with Crippen LogP contribution < -0.4 is 5.43 Å². The molecular formula is C20H22N2O3. The predicted molar refractivity (Wildman–Crippen MR) is 101 cm³/mol. The van der Waals surface area contributed by atoms with E-state index in [9.17, 15) is 14.9 Å². The third-order valence-corrected chi connectivity index (χ3v) is 4.06. The van der Waals surface area contributed by atoms with Crippen LogP contribution in [0.15, 0.2) is 53.3 Å². The molecule has 1 heterocycles.